The minimum absolute atomic E-state index is 0.316. The number of phenolic OH excluding ortho intramolecular Hbond substituents is 1. The van der Waals surface area contributed by atoms with Gasteiger partial charge in [0, 0.05) is 31.2 Å². The van der Waals surface area contributed by atoms with E-state index in [1.54, 1.807) is 13.2 Å². The lowest BCUT2D eigenvalue weighted by atomic mass is 10.0. The van der Waals surface area contributed by atoms with E-state index in [1.165, 1.54) is 32.4 Å². The maximum absolute atomic E-state index is 9.82. The van der Waals surface area contributed by atoms with E-state index in [4.69, 9.17) is 4.74 Å². The average Bonchev–Trinajstić information content (AvgIpc) is 3.36. The summed E-state index contributed by atoms with van der Waals surface area (Å²) in [7, 11) is 1.70. The van der Waals surface area contributed by atoms with Crippen molar-refractivity contribution in [1.82, 2.24) is 9.80 Å². The first-order valence-corrected chi connectivity index (χ1v) is 9.39. The van der Waals surface area contributed by atoms with E-state index in [9.17, 15) is 5.11 Å². The van der Waals surface area contributed by atoms with Gasteiger partial charge in [0.15, 0.2) is 0 Å². The van der Waals surface area contributed by atoms with E-state index in [0.717, 1.165) is 36.9 Å². The second kappa shape index (κ2) is 7.75. The normalized spacial score (nSPS) is 23.4. The molecule has 0 amide bonds. The Balaban J connectivity index is 1.70. The van der Waals surface area contributed by atoms with Gasteiger partial charge < -0.3 is 9.84 Å². The molecule has 2 fully saturated rings. The van der Waals surface area contributed by atoms with Crippen LogP contribution in [0.2, 0.25) is 0 Å². The Morgan fingerprint density at radius 1 is 1.25 bits per heavy atom. The predicted octanol–water partition coefficient (Wildman–Crippen LogP) is 3.34. The highest BCUT2D eigenvalue weighted by molar-refractivity contribution is 5.39. The van der Waals surface area contributed by atoms with Crippen LogP contribution in [0.5, 0.6) is 11.5 Å². The van der Waals surface area contributed by atoms with Crippen LogP contribution in [0.4, 0.5) is 0 Å². The highest BCUT2D eigenvalue weighted by Gasteiger charge is 2.32. The Hall–Kier alpha value is -1.26. The van der Waals surface area contributed by atoms with Crippen molar-refractivity contribution in [2.24, 2.45) is 11.8 Å². The van der Waals surface area contributed by atoms with Crippen molar-refractivity contribution >= 4 is 0 Å². The summed E-state index contributed by atoms with van der Waals surface area (Å²) in [6.45, 7) is 10.3. The highest BCUT2D eigenvalue weighted by Crippen LogP contribution is 2.32. The molecule has 2 aliphatic rings. The van der Waals surface area contributed by atoms with Crippen molar-refractivity contribution in [3.8, 4) is 11.5 Å². The number of phenols is 1. The fourth-order valence-electron chi connectivity index (χ4n) is 3.90. The molecule has 1 atom stereocenters. The lowest BCUT2D eigenvalue weighted by molar-refractivity contribution is 0.131. The summed E-state index contributed by atoms with van der Waals surface area (Å²) >= 11 is 0. The van der Waals surface area contributed by atoms with Gasteiger partial charge in [-0.25, -0.2) is 0 Å². The van der Waals surface area contributed by atoms with E-state index in [1.807, 2.05) is 12.1 Å². The van der Waals surface area contributed by atoms with Gasteiger partial charge >= 0.3 is 0 Å². The van der Waals surface area contributed by atoms with Crippen molar-refractivity contribution in [3.05, 3.63) is 23.8 Å². The van der Waals surface area contributed by atoms with Gasteiger partial charge in [0.2, 0.25) is 0 Å². The van der Waals surface area contributed by atoms with Crippen LogP contribution in [0.15, 0.2) is 18.2 Å². The first kappa shape index (κ1) is 17.6. The van der Waals surface area contributed by atoms with Gasteiger partial charge in [0.25, 0.3) is 0 Å². The maximum Gasteiger partial charge on any atom is 0.123 e. The molecule has 3 rings (SSSR count). The Kier molecular flexibility index (Phi) is 5.67. The summed E-state index contributed by atoms with van der Waals surface area (Å²) in [5, 5.41) is 9.82. The third-order valence-corrected chi connectivity index (χ3v) is 5.45. The molecule has 0 radical (unpaired) electrons. The van der Waals surface area contributed by atoms with Gasteiger partial charge in [0.1, 0.15) is 11.5 Å². The van der Waals surface area contributed by atoms with Crippen molar-refractivity contribution in [2.45, 2.75) is 45.7 Å². The fraction of sp³-hybridized carbons (Fsp3) is 0.700. The predicted molar refractivity (Wildman–Crippen MR) is 97.5 cm³/mol. The van der Waals surface area contributed by atoms with Crippen LogP contribution in [0.3, 0.4) is 0 Å². The van der Waals surface area contributed by atoms with Crippen LogP contribution in [0.25, 0.3) is 0 Å². The van der Waals surface area contributed by atoms with Gasteiger partial charge in [-0.15, -0.1) is 0 Å². The highest BCUT2D eigenvalue weighted by atomic mass is 16.5. The minimum atomic E-state index is 0.316. The summed E-state index contributed by atoms with van der Waals surface area (Å²) in [5.74, 6) is 2.80. The van der Waals surface area contributed by atoms with Gasteiger partial charge in [-0.3, -0.25) is 9.80 Å². The van der Waals surface area contributed by atoms with Gasteiger partial charge in [-0.05, 0) is 62.4 Å². The third-order valence-electron chi connectivity index (χ3n) is 5.45. The number of hydrogen-bond donors (Lipinski definition) is 1. The van der Waals surface area contributed by atoms with E-state index in [0.29, 0.717) is 17.7 Å². The molecule has 134 valence electrons. The lowest BCUT2D eigenvalue weighted by Gasteiger charge is -2.34. The quantitative estimate of drug-likeness (QED) is 0.867. The van der Waals surface area contributed by atoms with Gasteiger partial charge in [-0.2, -0.15) is 0 Å². The SMILES string of the molecule is COc1ccc(O)cc1CN1CCCN(CC2CC2)[C@H](C(C)C)C1. The summed E-state index contributed by atoms with van der Waals surface area (Å²) < 4.78 is 5.48. The van der Waals surface area contributed by atoms with Crippen LogP contribution in [-0.4, -0.2) is 54.2 Å². The molecule has 1 heterocycles. The molecule has 0 aromatic heterocycles. The minimum Gasteiger partial charge on any atom is -0.508 e. The van der Waals surface area contributed by atoms with Gasteiger partial charge in [-0.1, -0.05) is 13.8 Å². The first-order chi connectivity index (χ1) is 11.6. The van der Waals surface area contributed by atoms with E-state index in [2.05, 4.69) is 23.6 Å². The standard InChI is InChI=1S/C20H32N2O2/c1-15(2)19-14-21(9-4-10-22(19)12-16-5-6-16)13-17-11-18(23)7-8-20(17)24-3/h7-8,11,15-16,19,23H,4-6,9-10,12-14H2,1-3H3/t19-/m0/s1. The van der Waals surface area contributed by atoms with Crippen molar-refractivity contribution in [1.29, 1.82) is 0 Å². The molecule has 1 saturated heterocycles. The molecule has 1 aromatic carbocycles. The summed E-state index contributed by atoms with van der Waals surface area (Å²) in [4.78, 5) is 5.27. The third kappa shape index (κ3) is 4.42. The molecule has 0 unspecified atom stereocenters. The summed E-state index contributed by atoms with van der Waals surface area (Å²) in [6, 6.07) is 6.02. The molecule has 0 bridgehead atoms. The zero-order chi connectivity index (χ0) is 17.1. The Bertz CT molecular complexity index is 542. The number of nitrogens with zero attached hydrogens (tertiary/aromatic N) is 2. The van der Waals surface area contributed by atoms with Crippen molar-refractivity contribution in [3.63, 3.8) is 0 Å². The lowest BCUT2D eigenvalue weighted by Crippen LogP contribution is -2.45. The molecule has 1 N–H and O–H groups in total. The summed E-state index contributed by atoms with van der Waals surface area (Å²) in [6.07, 6.45) is 4.06. The van der Waals surface area contributed by atoms with E-state index in [-0.39, 0.29) is 0 Å². The van der Waals surface area contributed by atoms with Crippen molar-refractivity contribution in [2.75, 3.05) is 33.3 Å². The van der Waals surface area contributed by atoms with Crippen LogP contribution in [-0.2, 0) is 6.54 Å². The van der Waals surface area contributed by atoms with E-state index < -0.39 is 0 Å². The average molecular weight is 332 g/mol. The Labute approximate surface area is 146 Å². The zero-order valence-electron chi connectivity index (χ0n) is 15.4. The van der Waals surface area contributed by atoms with Crippen LogP contribution >= 0.6 is 0 Å². The van der Waals surface area contributed by atoms with Crippen LogP contribution in [0.1, 0.15) is 38.7 Å². The number of benzene rings is 1. The number of ether oxygens (including phenoxy) is 1. The maximum atomic E-state index is 9.82. The molecule has 1 aliphatic heterocycles. The smallest absolute Gasteiger partial charge is 0.123 e. The molecule has 1 aliphatic carbocycles. The number of aromatic hydroxyl groups is 1. The molecular formula is C20H32N2O2. The van der Waals surface area contributed by atoms with Gasteiger partial charge in [0.05, 0.1) is 7.11 Å². The number of methoxy groups -OCH3 is 1. The van der Waals surface area contributed by atoms with Crippen molar-refractivity contribution < 1.29 is 9.84 Å². The first-order valence-electron chi connectivity index (χ1n) is 9.39. The Morgan fingerprint density at radius 2 is 2.04 bits per heavy atom. The largest absolute Gasteiger partial charge is 0.508 e. The second-order valence-electron chi connectivity index (χ2n) is 7.83. The molecule has 1 aromatic rings. The fourth-order valence-corrected chi connectivity index (χ4v) is 3.90. The molecule has 24 heavy (non-hydrogen) atoms. The zero-order valence-corrected chi connectivity index (χ0v) is 15.4. The molecular weight excluding hydrogens is 300 g/mol. The molecule has 4 heteroatoms. The summed E-state index contributed by atoms with van der Waals surface area (Å²) in [5.41, 5.74) is 1.08. The van der Waals surface area contributed by atoms with Crippen LogP contribution in [0, 0.1) is 11.8 Å². The second-order valence-corrected chi connectivity index (χ2v) is 7.83. The monoisotopic (exact) mass is 332 g/mol. The van der Waals surface area contributed by atoms with E-state index >= 15 is 0 Å². The number of hydrogen-bond acceptors (Lipinski definition) is 4. The van der Waals surface area contributed by atoms with Crippen LogP contribution < -0.4 is 4.74 Å². The number of rotatable bonds is 6. The molecule has 0 spiro atoms. The molecule has 4 nitrogen and oxygen atoms in total. The Morgan fingerprint density at radius 3 is 2.71 bits per heavy atom. The molecule has 1 saturated carbocycles. The topological polar surface area (TPSA) is 35.9 Å².